The average Bonchev–Trinajstić information content (AvgIpc) is 3.13. The minimum absolute atomic E-state index is 0.517. The molecule has 0 amide bonds. The Hall–Kier alpha value is -1.62. The smallest absolute Gasteiger partial charge is 0.134 e. The summed E-state index contributed by atoms with van der Waals surface area (Å²) in [7, 11) is 0. The predicted octanol–water partition coefficient (Wildman–Crippen LogP) is 3.98. The van der Waals surface area contributed by atoms with Crippen LogP contribution in [0.4, 0.5) is 0 Å². The standard InChI is InChI=1S/C17H20N2OS/c1-2-19(11-13-6-5-9-21-13)12-17-15(10-18)14-7-3-4-8-16(14)20-17/h3-9H,2,10-12,18H2,1H3. The zero-order valence-electron chi connectivity index (χ0n) is 12.2. The predicted molar refractivity (Wildman–Crippen MR) is 88.2 cm³/mol. The lowest BCUT2D eigenvalue weighted by Crippen LogP contribution is -2.22. The molecule has 2 N–H and O–H groups in total. The van der Waals surface area contributed by atoms with E-state index in [1.807, 2.05) is 18.2 Å². The number of para-hydroxylation sites is 1. The van der Waals surface area contributed by atoms with Crippen LogP contribution < -0.4 is 5.73 Å². The fourth-order valence-corrected chi connectivity index (χ4v) is 3.35. The summed E-state index contributed by atoms with van der Waals surface area (Å²) < 4.78 is 6.02. The van der Waals surface area contributed by atoms with E-state index in [1.54, 1.807) is 11.3 Å². The summed E-state index contributed by atoms with van der Waals surface area (Å²) in [5.74, 6) is 0.997. The van der Waals surface area contributed by atoms with E-state index in [2.05, 4.69) is 35.4 Å². The van der Waals surface area contributed by atoms with Crippen molar-refractivity contribution in [3.63, 3.8) is 0 Å². The Balaban J connectivity index is 1.85. The number of thiophene rings is 1. The summed E-state index contributed by atoms with van der Waals surface area (Å²) in [6.07, 6.45) is 0. The van der Waals surface area contributed by atoms with Crippen LogP contribution in [-0.4, -0.2) is 11.4 Å². The molecule has 4 heteroatoms. The molecule has 21 heavy (non-hydrogen) atoms. The zero-order chi connectivity index (χ0) is 14.7. The Morgan fingerprint density at radius 3 is 2.71 bits per heavy atom. The Bertz CT molecular complexity index is 703. The largest absolute Gasteiger partial charge is 0.459 e. The quantitative estimate of drug-likeness (QED) is 0.749. The second-order valence-corrected chi connectivity index (χ2v) is 6.12. The van der Waals surface area contributed by atoms with E-state index in [4.69, 9.17) is 10.2 Å². The van der Waals surface area contributed by atoms with Crippen molar-refractivity contribution < 1.29 is 4.42 Å². The van der Waals surface area contributed by atoms with E-state index in [1.165, 1.54) is 4.88 Å². The molecule has 1 aromatic carbocycles. The number of hydrogen-bond donors (Lipinski definition) is 1. The van der Waals surface area contributed by atoms with E-state index in [0.29, 0.717) is 6.54 Å². The second kappa shape index (κ2) is 6.43. The van der Waals surface area contributed by atoms with Gasteiger partial charge in [-0.05, 0) is 24.1 Å². The van der Waals surface area contributed by atoms with Crippen molar-refractivity contribution >= 4 is 22.3 Å². The molecule has 0 fully saturated rings. The number of rotatable bonds is 6. The van der Waals surface area contributed by atoms with Gasteiger partial charge in [-0.2, -0.15) is 0 Å². The molecule has 0 saturated heterocycles. The monoisotopic (exact) mass is 300 g/mol. The molecular weight excluding hydrogens is 280 g/mol. The first kappa shape index (κ1) is 14.3. The second-order valence-electron chi connectivity index (χ2n) is 5.09. The fourth-order valence-electron chi connectivity index (χ4n) is 2.61. The van der Waals surface area contributed by atoms with Crippen molar-refractivity contribution in [2.75, 3.05) is 6.54 Å². The summed E-state index contributed by atoms with van der Waals surface area (Å²) in [4.78, 5) is 3.75. The Morgan fingerprint density at radius 1 is 1.14 bits per heavy atom. The van der Waals surface area contributed by atoms with Crippen LogP contribution in [0.3, 0.4) is 0 Å². The van der Waals surface area contributed by atoms with E-state index in [-0.39, 0.29) is 0 Å². The summed E-state index contributed by atoms with van der Waals surface area (Å²) in [5.41, 5.74) is 8.00. The van der Waals surface area contributed by atoms with E-state index in [0.717, 1.165) is 41.9 Å². The molecule has 2 heterocycles. The Morgan fingerprint density at radius 2 is 2.00 bits per heavy atom. The first-order chi connectivity index (χ1) is 10.3. The van der Waals surface area contributed by atoms with Gasteiger partial charge < -0.3 is 10.2 Å². The zero-order valence-corrected chi connectivity index (χ0v) is 13.0. The highest BCUT2D eigenvalue weighted by atomic mass is 32.1. The molecule has 3 rings (SSSR count). The van der Waals surface area contributed by atoms with Crippen LogP contribution >= 0.6 is 11.3 Å². The first-order valence-electron chi connectivity index (χ1n) is 7.26. The average molecular weight is 300 g/mol. The lowest BCUT2D eigenvalue weighted by Gasteiger charge is -2.18. The lowest BCUT2D eigenvalue weighted by molar-refractivity contribution is 0.251. The maximum absolute atomic E-state index is 6.02. The van der Waals surface area contributed by atoms with E-state index >= 15 is 0 Å². The third kappa shape index (κ3) is 3.02. The molecule has 110 valence electrons. The van der Waals surface area contributed by atoms with Gasteiger partial charge in [0, 0.05) is 28.9 Å². The number of nitrogens with two attached hydrogens (primary N) is 1. The highest BCUT2D eigenvalue weighted by molar-refractivity contribution is 7.09. The molecule has 0 atom stereocenters. The van der Waals surface area contributed by atoms with Crippen molar-refractivity contribution in [2.24, 2.45) is 5.73 Å². The first-order valence-corrected chi connectivity index (χ1v) is 8.14. The SMILES string of the molecule is CCN(Cc1cccs1)Cc1oc2ccccc2c1CN. The van der Waals surface area contributed by atoms with Crippen molar-refractivity contribution in [3.05, 3.63) is 58.0 Å². The van der Waals surface area contributed by atoms with Crippen LogP contribution in [-0.2, 0) is 19.6 Å². The Kier molecular flexibility index (Phi) is 4.39. The number of hydrogen-bond acceptors (Lipinski definition) is 4. The molecule has 0 aliphatic rings. The lowest BCUT2D eigenvalue weighted by atomic mass is 10.1. The van der Waals surface area contributed by atoms with Gasteiger partial charge in [0.2, 0.25) is 0 Å². The van der Waals surface area contributed by atoms with Crippen LogP contribution in [0.25, 0.3) is 11.0 Å². The van der Waals surface area contributed by atoms with E-state index in [9.17, 15) is 0 Å². The molecule has 0 saturated carbocycles. The van der Waals surface area contributed by atoms with Gasteiger partial charge in [0.1, 0.15) is 11.3 Å². The minimum atomic E-state index is 0.517. The van der Waals surface area contributed by atoms with Crippen LogP contribution in [0.5, 0.6) is 0 Å². The molecule has 2 aromatic heterocycles. The molecule has 3 aromatic rings. The van der Waals surface area contributed by atoms with Gasteiger partial charge >= 0.3 is 0 Å². The summed E-state index contributed by atoms with van der Waals surface area (Å²) in [6.45, 7) is 5.44. The molecule has 0 aliphatic carbocycles. The highest BCUT2D eigenvalue weighted by Gasteiger charge is 2.15. The van der Waals surface area contributed by atoms with Crippen molar-refractivity contribution in [3.8, 4) is 0 Å². The Labute approximate surface area is 129 Å². The van der Waals surface area contributed by atoms with Crippen molar-refractivity contribution in [1.82, 2.24) is 4.90 Å². The number of furan rings is 1. The molecule has 0 aliphatic heterocycles. The maximum Gasteiger partial charge on any atom is 0.134 e. The van der Waals surface area contributed by atoms with Gasteiger partial charge in [-0.25, -0.2) is 0 Å². The third-order valence-corrected chi connectivity index (χ3v) is 4.62. The maximum atomic E-state index is 6.02. The van der Waals surface area contributed by atoms with Crippen LogP contribution in [0.2, 0.25) is 0 Å². The highest BCUT2D eigenvalue weighted by Crippen LogP contribution is 2.27. The third-order valence-electron chi connectivity index (χ3n) is 3.76. The topological polar surface area (TPSA) is 42.4 Å². The van der Waals surface area contributed by atoms with Gasteiger partial charge in [-0.15, -0.1) is 11.3 Å². The van der Waals surface area contributed by atoms with Crippen LogP contribution in [0.1, 0.15) is 23.1 Å². The molecule has 0 bridgehead atoms. The number of fused-ring (bicyclic) bond motifs is 1. The normalized spacial score (nSPS) is 11.6. The number of nitrogens with zero attached hydrogens (tertiary/aromatic N) is 1. The molecule has 0 spiro atoms. The van der Waals surface area contributed by atoms with E-state index < -0.39 is 0 Å². The minimum Gasteiger partial charge on any atom is -0.459 e. The van der Waals surface area contributed by atoms with Crippen molar-refractivity contribution in [1.29, 1.82) is 0 Å². The van der Waals surface area contributed by atoms with Gasteiger partial charge in [-0.1, -0.05) is 31.2 Å². The molecule has 0 unspecified atom stereocenters. The molecular formula is C17H20N2OS. The summed E-state index contributed by atoms with van der Waals surface area (Å²) >= 11 is 1.80. The molecule has 0 radical (unpaired) electrons. The van der Waals surface area contributed by atoms with Gasteiger partial charge in [0.15, 0.2) is 0 Å². The van der Waals surface area contributed by atoms with Crippen LogP contribution in [0.15, 0.2) is 46.2 Å². The van der Waals surface area contributed by atoms with Crippen molar-refractivity contribution in [2.45, 2.75) is 26.6 Å². The summed E-state index contributed by atoms with van der Waals surface area (Å²) in [6, 6.07) is 12.4. The summed E-state index contributed by atoms with van der Waals surface area (Å²) in [5, 5.41) is 3.26. The van der Waals surface area contributed by atoms with Gasteiger partial charge in [0.05, 0.1) is 6.54 Å². The van der Waals surface area contributed by atoms with Crippen LogP contribution in [0, 0.1) is 0 Å². The van der Waals surface area contributed by atoms with Gasteiger partial charge in [-0.3, -0.25) is 4.90 Å². The molecule has 3 nitrogen and oxygen atoms in total. The fraction of sp³-hybridized carbons (Fsp3) is 0.294. The van der Waals surface area contributed by atoms with Gasteiger partial charge in [0.25, 0.3) is 0 Å². The number of benzene rings is 1.